The Kier molecular flexibility index (Phi) is 7.26. The van der Waals surface area contributed by atoms with E-state index in [4.69, 9.17) is 4.42 Å². The first-order valence-corrected chi connectivity index (χ1v) is 11.5. The van der Waals surface area contributed by atoms with Gasteiger partial charge in [0.15, 0.2) is 6.19 Å². The number of carbonyl (C=O) groups is 1. The van der Waals surface area contributed by atoms with E-state index in [1.54, 1.807) is 0 Å². The van der Waals surface area contributed by atoms with Gasteiger partial charge in [-0.05, 0) is 68.9 Å². The summed E-state index contributed by atoms with van der Waals surface area (Å²) in [4.78, 5) is 19.8. The number of furan rings is 1. The third-order valence-corrected chi connectivity index (χ3v) is 5.85. The molecule has 4 rings (SSSR count). The Morgan fingerprint density at radius 1 is 1.21 bits per heavy atom. The predicted molar refractivity (Wildman–Crippen MR) is 130 cm³/mol. The molecular weight excluding hydrogens is 414 g/mol. The summed E-state index contributed by atoms with van der Waals surface area (Å²) in [6.45, 7) is 3.37. The number of aliphatic imine (C=N–C) groups is 1. The minimum Gasteiger partial charge on any atom is -0.461 e. The molecule has 1 atom stereocenters. The highest BCUT2D eigenvalue weighted by Crippen LogP contribution is 2.23. The minimum absolute atomic E-state index is 0.0283. The SMILES string of the molecule is Cc1cc2cc(NC(=NC3CCCCN(CCCc4ccccc4)C3=O)NC#N)ccc2o1. The zero-order chi connectivity index (χ0) is 23.0. The number of anilines is 1. The molecule has 2 heterocycles. The van der Waals surface area contributed by atoms with E-state index in [1.807, 2.05) is 60.5 Å². The number of guanidine groups is 1. The van der Waals surface area contributed by atoms with E-state index in [0.29, 0.717) is 13.0 Å². The normalized spacial score (nSPS) is 17.0. The number of hydrogen-bond acceptors (Lipinski definition) is 4. The summed E-state index contributed by atoms with van der Waals surface area (Å²) >= 11 is 0. The third-order valence-electron chi connectivity index (χ3n) is 5.85. The van der Waals surface area contributed by atoms with Crippen LogP contribution < -0.4 is 10.6 Å². The number of aryl methyl sites for hydroxylation is 2. The zero-order valence-electron chi connectivity index (χ0n) is 18.9. The van der Waals surface area contributed by atoms with Gasteiger partial charge in [-0.15, -0.1) is 0 Å². The van der Waals surface area contributed by atoms with Gasteiger partial charge >= 0.3 is 0 Å². The first kappa shape index (κ1) is 22.4. The van der Waals surface area contributed by atoms with Crippen LogP contribution in [0.2, 0.25) is 0 Å². The van der Waals surface area contributed by atoms with Crippen molar-refractivity contribution in [2.75, 3.05) is 18.4 Å². The fourth-order valence-electron chi connectivity index (χ4n) is 4.24. The third kappa shape index (κ3) is 5.92. The molecule has 7 nitrogen and oxygen atoms in total. The second-order valence-corrected chi connectivity index (χ2v) is 8.38. The number of nitrogens with zero attached hydrogens (tertiary/aromatic N) is 3. The molecule has 0 radical (unpaired) electrons. The van der Waals surface area contributed by atoms with Crippen molar-refractivity contribution < 1.29 is 9.21 Å². The molecule has 7 heteroatoms. The lowest BCUT2D eigenvalue weighted by atomic mass is 10.1. The molecule has 1 unspecified atom stereocenters. The predicted octanol–water partition coefficient (Wildman–Crippen LogP) is 4.59. The van der Waals surface area contributed by atoms with Crippen LogP contribution in [0.1, 0.15) is 37.0 Å². The van der Waals surface area contributed by atoms with Crippen molar-refractivity contribution in [2.45, 2.75) is 45.1 Å². The summed E-state index contributed by atoms with van der Waals surface area (Å²) in [6.07, 6.45) is 6.35. The average Bonchev–Trinajstić information content (AvgIpc) is 3.10. The molecular formula is C26H29N5O2. The maximum atomic E-state index is 13.2. The fraction of sp³-hybridized carbons (Fsp3) is 0.346. The lowest BCUT2D eigenvalue weighted by Crippen LogP contribution is -2.39. The molecule has 1 saturated heterocycles. The number of amides is 1. The second-order valence-electron chi connectivity index (χ2n) is 8.38. The first-order valence-electron chi connectivity index (χ1n) is 11.5. The lowest BCUT2D eigenvalue weighted by Gasteiger charge is -2.23. The van der Waals surface area contributed by atoms with Crippen molar-refractivity contribution in [3.05, 3.63) is 65.9 Å². The number of fused-ring (bicyclic) bond motifs is 1. The van der Waals surface area contributed by atoms with Crippen molar-refractivity contribution in [2.24, 2.45) is 4.99 Å². The summed E-state index contributed by atoms with van der Waals surface area (Å²) in [5, 5.41) is 15.9. The molecule has 3 aromatic rings. The van der Waals surface area contributed by atoms with Crippen LogP contribution in [0.15, 0.2) is 64.0 Å². The highest BCUT2D eigenvalue weighted by atomic mass is 16.3. The van der Waals surface area contributed by atoms with E-state index >= 15 is 0 Å². The number of nitriles is 1. The number of rotatable bonds is 6. The van der Waals surface area contributed by atoms with Gasteiger partial charge < -0.3 is 14.6 Å². The fourth-order valence-corrected chi connectivity index (χ4v) is 4.24. The standard InChI is InChI=1S/C26H29N5O2/c1-19-16-21-17-22(12-13-24(21)33-19)29-26(28-18-27)30-23-11-5-6-14-31(25(23)32)15-7-10-20-8-3-2-4-9-20/h2-4,8-9,12-13,16-17,23H,5-7,10-11,14-15H2,1H3,(H2,28,29,30). The highest BCUT2D eigenvalue weighted by molar-refractivity contribution is 5.98. The molecule has 0 spiro atoms. The minimum atomic E-state index is -0.507. The number of nitrogens with one attached hydrogen (secondary N) is 2. The summed E-state index contributed by atoms with van der Waals surface area (Å²) in [7, 11) is 0. The topological polar surface area (TPSA) is 93.7 Å². The molecule has 0 bridgehead atoms. The first-order chi connectivity index (χ1) is 16.1. The number of likely N-dealkylation sites (tertiary alicyclic amines) is 1. The molecule has 1 amide bonds. The van der Waals surface area contributed by atoms with E-state index < -0.39 is 6.04 Å². The van der Waals surface area contributed by atoms with Crippen molar-refractivity contribution in [1.29, 1.82) is 5.26 Å². The van der Waals surface area contributed by atoms with Gasteiger partial charge in [-0.2, -0.15) is 5.26 Å². The smallest absolute Gasteiger partial charge is 0.247 e. The van der Waals surface area contributed by atoms with Crippen molar-refractivity contribution >= 4 is 28.5 Å². The van der Waals surface area contributed by atoms with Crippen LogP contribution >= 0.6 is 0 Å². The van der Waals surface area contributed by atoms with E-state index in [-0.39, 0.29) is 11.9 Å². The van der Waals surface area contributed by atoms with E-state index in [0.717, 1.165) is 54.6 Å². The van der Waals surface area contributed by atoms with Gasteiger partial charge in [-0.25, -0.2) is 4.99 Å². The van der Waals surface area contributed by atoms with Gasteiger partial charge in [-0.3, -0.25) is 10.1 Å². The number of hydrogen-bond donors (Lipinski definition) is 2. The molecule has 0 aliphatic carbocycles. The van der Waals surface area contributed by atoms with Crippen LogP contribution in [-0.2, 0) is 11.2 Å². The van der Waals surface area contributed by atoms with Crippen LogP contribution in [0.25, 0.3) is 11.0 Å². The van der Waals surface area contributed by atoms with Gasteiger partial charge in [0.25, 0.3) is 0 Å². The molecule has 1 aromatic heterocycles. The molecule has 1 fully saturated rings. The maximum Gasteiger partial charge on any atom is 0.247 e. The van der Waals surface area contributed by atoms with Gasteiger partial charge in [0.1, 0.15) is 17.4 Å². The van der Waals surface area contributed by atoms with E-state index in [9.17, 15) is 10.1 Å². The van der Waals surface area contributed by atoms with Crippen LogP contribution in [0, 0.1) is 18.4 Å². The highest BCUT2D eigenvalue weighted by Gasteiger charge is 2.27. The van der Waals surface area contributed by atoms with Gasteiger partial charge in [-0.1, -0.05) is 30.3 Å². The Labute approximate surface area is 194 Å². The number of benzene rings is 2. The Hall–Kier alpha value is -3.79. The average molecular weight is 444 g/mol. The molecule has 0 saturated carbocycles. The van der Waals surface area contributed by atoms with Crippen LogP contribution in [0.4, 0.5) is 5.69 Å². The van der Waals surface area contributed by atoms with Crippen molar-refractivity contribution in [1.82, 2.24) is 10.2 Å². The van der Waals surface area contributed by atoms with Gasteiger partial charge in [0.05, 0.1) is 0 Å². The van der Waals surface area contributed by atoms with Gasteiger partial charge in [0, 0.05) is 24.2 Å². The molecule has 170 valence electrons. The largest absolute Gasteiger partial charge is 0.461 e. The summed E-state index contributed by atoms with van der Waals surface area (Å²) in [5.41, 5.74) is 2.85. The van der Waals surface area contributed by atoms with E-state index in [2.05, 4.69) is 27.8 Å². The Balaban J connectivity index is 1.44. The summed E-state index contributed by atoms with van der Waals surface area (Å²) in [6, 6.07) is 17.5. The molecule has 33 heavy (non-hydrogen) atoms. The summed E-state index contributed by atoms with van der Waals surface area (Å²) in [5.74, 6) is 1.14. The van der Waals surface area contributed by atoms with Crippen molar-refractivity contribution in [3.63, 3.8) is 0 Å². The monoisotopic (exact) mass is 443 g/mol. The second kappa shape index (κ2) is 10.7. The van der Waals surface area contributed by atoms with Gasteiger partial charge in [0.2, 0.25) is 11.9 Å². The van der Waals surface area contributed by atoms with Crippen LogP contribution in [0.5, 0.6) is 0 Å². The molecule has 2 aromatic carbocycles. The Bertz CT molecular complexity index is 1160. The Morgan fingerprint density at radius 3 is 2.88 bits per heavy atom. The van der Waals surface area contributed by atoms with Crippen LogP contribution in [0.3, 0.4) is 0 Å². The Morgan fingerprint density at radius 2 is 2.06 bits per heavy atom. The molecule has 1 aliphatic rings. The molecule has 2 N–H and O–H groups in total. The summed E-state index contributed by atoms with van der Waals surface area (Å²) < 4.78 is 5.62. The molecule has 1 aliphatic heterocycles. The lowest BCUT2D eigenvalue weighted by molar-refractivity contribution is -0.132. The number of carbonyl (C=O) groups excluding carboxylic acids is 1. The zero-order valence-corrected chi connectivity index (χ0v) is 18.9. The van der Waals surface area contributed by atoms with E-state index in [1.165, 1.54) is 5.56 Å². The maximum absolute atomic E-state index is 13.2. The van der Waals surface area contributed by atoms with Crippen LogP contribution in [-0.4, -0.2) is 35.9 Å². The quantitative estimate of drug-likeness (QED) is 0.251. The van der Waals surface area contributed by atoms with Crippen molar-refractivity contribution in [3.8, 4) is 6.19 Å².